The minimum Gasteiger partial charge on any atom is -0.493 e. The van der Waals surface area contributed by atoms with E-state index < -0.39 is 17.9 Å². The predicted molar refractivity (Wildman–Crippen MR) is 109 cm³/mol. The van der Waals surface area contributed by atoms with Crippen LogP contribution in [0.25, 0.3) is 0 Å². The van der Waals surface area contributed by atoms with Gasteiger partial charge in [-0.05, 0) is 41.8 Å². The summed E-state index contributed by atoms with van der Waals surface area (Å²) < 4.78 is 23.9. The van der Waals surface area contributed by atoms with Crippen LogP contribution in [0.3, 0.4) is 0 Å². The summed E-state index contributed by atoms with van der Waals surface area (Å²) in [5.41, 5.74) is 1.76. The van der Waals surface area contributed by atoms with Gasteiger partial charge in [-0.2, -0.15) is 0 Å². The first kappa shape index (κ1) is 21.3. The Labute approximate surface area is 173 Å². The molecule has 1 aliphatic heterocycles. The van der Waals surface area contributed by atoms with Gasteiger partial charge in [0.05, 0.1) is 20.3 Å². The number of allylic oxidation sites excluding steroid dienone is 1. The second kappa shape index (κ2) is 9.41. The number of aliphatic hydroxyl groups excluding tert-OH is 1. The number of urea groups is 1. The number of benzene rings is 2. The number of ketones is 1. The zero-order chi connectivity index (χ0) is 21.7. The molecule has 0 saturated carbocycles. The fourth-order valence-electron chi connectivity index (χ4n) is 3.34. The zero-order valence-electron chi connectivity index (χ0n) is 16.7. The van der Waals surface area contributed by atoms with Crippen LogP contribution in [0.1, 0.15) is 23.6 Å². The molecule has 2 N–H and O–H groups in total. The van der Waals surface area contributed by atoms with E-state index >= 15 is 0 Å². The van der Waals surface area contributed by atoms with Crippen molar-refractivity contribution >= 4 is 17.5 Å². The molecule has 0 aromatic heterocycles. The first-order valence-corrected chi connectivity index (χ1v) is 9.38. The van der Waals surface area contributed by atoms with Gasteiger partial charge in [0.25, 0.3) is 0 Å². The molecule has 2 aromatic rings. The smallest absolute Gasteiger partial charge is 0.326 e. The van der Waals surface area contributed by atoms with Crippen LogP contribution in [0.5, 0.6) is 11.5 Å². The number of carbonyl (C=O) groups excluding carboxylic acids is 2. The van der Waals surface area contributed by atoms with E-state index in [0.717, 1.165) is 0 Å². The Hall–Kier alpha value is -3.39. The molecule has 2 aromatic carbocycles. The van der Waals surface area contributed by atoms with Crippen molar-refractivity contribution in [2.24, 2.45) is 0 Å². The van der Waals surface area contributed by atoms with Crippen LogP contribution in [0.15, 0.2) is 48.7 Å². The van der Waals surface area contributed by atoms with Crippen LogP contribution in [-0.2, 0) is 11.2 Å². The lowest BCUT2D eigenvalue weighted by Crippen LogP contribution is -2.37. The van der Waals surface area contributed by atoms with E-state index in [-0.39, 0.29) is 18.8 Å². The molecule has 30 heavy (non-hydrogen) atoms. The number of ether oxygens (including phenoxy) is 2. The van der Waals surface area contributed by atoms with Crippen molar-refractivity contribution in [1.29, 1.82) is 0 Å². The van der Waals surface area contributed by atoms with Crippen LogP contribution in [0.4, 0.5) is 14.9 Å². The van der Waals surface area contributed by atoms with Crippen molar-refractivity contribution < 1.29 is 28.6 Å². The number of hydrogen-bond acceptors (Lipinski definition) is 5. The number of carbonyl (C=O) groups is 2. The Morgan fingerprint density at radius 3 is 2.50 bits per heavy atom. The van der Waals surface area contributed by atoms with E-state index in [1.165, 1.54) is 43.5 Å². The molecule has 158 valence electrons. The highest BCUT2D eigenvalue weighted by Gasteiger charge is 2.29. The molecular weight excluding hydrogens is 391 g/mol. The van der Waals surface area contributed by atoms with E-state index in [0.29, 0.717) is 34.7 Å². The molecule has 0 bridgehead atoms. The van der Waals surface area contributed by atoms with Gasteiger partial charge in [0.2, 0.25) is 0 Å². The number of hydrogen-bond donors (Lipinski definition) is 2. The largest absolute Gasteiger partial charge is 0.493 e. The summed E-state index contributed by atoms with van der Waals surface area (Å²) in [5.74, 6) is 0.382. The minimum absolute atomic E-state index is 0.0883. The third-order valence-electron chi connectivity index (χ3n) is 4.87. The maximum Gasteiger partial charge on any atom is 0.326 e. The minimum atomic E-state index is -0.565. The molecule has 8 heteroatoms. The Morgan fingerprint density at radius 1 is 1.20 bits per heavy atom. The van der Waals surface area contributed by atoms with Crippen LogP contribution in [0, 0.1) is 5.82 Å². The molecular formula is C22H23FN2O5. The van der Waals surface area contributed by atoms with Crippen LogP contribution in [-0.4, -0.2) is 42.6 Å². The summed E-state index contributed by atoms with van der Waals surface area (Å²) in [6, 6.07) is 7.97. The molecule has 0 fully saturated rings. The van der Waals surface area contributed by atoms with Gasteiger partial charge in [0.1, 0.15) is 5.82 Å². The van der Waals surface area contributed by atoms with Crippen LogP contribution in [0.2, 0.25) is 0 Å². The summed E-state index contributed by atoms with van der Waals surface area (Å²) in [6.45, 7) is -0.116. The average molecular weight is 414 g/mol. The third-order valence-corrected chi connectivity index (χ3v) is 4.87. The highest BCUT2D eigenvalue weighted by molar-refractivity contribution is 5.96. The predicted octanol–water partition coefficient (Wildman–Crippen LogP) is 3.44. The van der Waals surface area contributed by atoms with E-state index in [2.05, 4.69) is 5.32 Å². The SMILES string of the molecule is COc1cc(CCO)c(NC(=O)N2C=CC(=O)CC2c2ccc(F)cc2)cc1OC. The zero-order valence-corrected chi connectivity index (χ0v) is 16.7. The number of halogens is 1. The number of aliphatic hydroxyl groups is 1. The number of methoxy groups -OCH3 is 2. The van der Waals surface area contributed by atoms with Crippen molar-refractivity contribution in [1.82, 2.24) is 4.90 Å². The summed E-state index contributed by atoms with van der Waals surface area (Å²) in [4.78, 5) is 26.4. The molecule has 0 spiro atoms. The number of amides is 2. The molecule has 1 unspecified atom stereocenters. The Bertz CT molecular complexity index is 959. The lowest BCUT2D eigenvalue weighted by Gasteiger charge is -2.31. The van der Waals surface area contributed by atoms with E-state index in [9.17, 15) is 19.1 Å². The van der Waals surface area contributed by atoms with Crippen molar-refractivity contribution in [2.75, 3.05) is 26.1 Å². The quantitative estimate of drug-likeness (QED) is 0.756. The second-order valence-corrected chi connectivity index (χ2v) is 6.73. The first-order valence-electron chi connectivity index (χ1n) is 9.38. The van der Waals surface area contributed by atoms with Crippen molar-refractivity contribution in [3.8, 4) is 11.5 Å². The fourth-order valence-corrected chi connectivity index (χ4v) is 3.34. The Kier molecular flexibility index (Phi) is 6.68. The molecule has 2 amide bonds. The third kappa shape index (κ3) is 4.60. The van der Waals surface area contributed by atoms with Crippen molar-refractivity contribution in [3.05, 3.63) is 65.6 Å². The highest BCUT2D eigenvalue weighted by Crippen LogP contribution is 2.35. The number of anilines is 1. The summed E-state index contributed by atoms with van der Waals surface area (Å²) in [5, 5.41) is 12.2. The number of rotatable bonds is 6. The fraction of sp³-hybridized carbons (Fsp3) is 0.273. The molecule has 0 aliphatic carbocycles. The van der Waals surface area contributed by atoms with Crippen molar-refractivity contribution in [2.45, 2.75) is 18.9 Å². The van der Waals surface area contributed by atoms with Gasteiger partial charge in [-0.1, -0.05) is 12.1 Å². The van der Waals surface area contributed by atoms with Gasteiger partial charge in [-0.3, -0.25) is 9.69 Å². The summed E-state index contributed by atoms with van der Waals surface area (Å²) >= 11 is 0. The summed E-state index contributed by atoms with van der Waals surface area (Å²) in [6.07, 6.45) is 3.14. The molecule has 3 rings (SSSR count). The lowest BCUT2D eigenvalue weighted by molar-refractivity contribution is -0.116. The maximum atomic E-state index is 13.3. The lowest BCUT2D eigenvalue weighted by atomic mass is 9.97. The molecule has 1 aliphatic rings. The second-order valence-electron chi connectivity index (χ2n) is 6.73. The van der Waals surface area contributed by atoms with Gasteiger partial charge in [-0.25, -0.2) is 9.18 Å². The van der Waals surface area contributed by atoms with Gasteiger partial charge >= 0.3 is 6.03 Å². The van der Waals surface area contributed by atoms with Gasteiger partial charge in [0.15, 0.2) is 17.3 Å². The van der Waals surface area contributed by atoms with Gasteiger partial charge in [-0.15, -0.1) is 0 Å². The highest BCUT2D eigenvalue weighted by atomic mass is 19.1. The average Bonchev–Trinajstić information content (AvgIpc) is 2.75. The Balaban J connectivity index is 1.92. The maximum absolute atomic E-state index is 13.3. The molecule has 1 heterocycles. The standard InChI is InChI=1S/C22H23FN2O5/c1-29-20-11-15(8-10-26)18(13-21(20)30-2)24-22(28)25-9-7-17(27)12-19(25)14-3-5-16(23)6-4-14/h3-7,9,11,13,19,26H,8,10,12H2,1-2H3,(H,24,28). The number of nitrogens with zero attached hydrogens (tertiary/aromatic N) is 1. The van der Waals surface area contributed by atoms with E-state index in [4.69, 9.17) is 9.47 Å². The van der Waals surface area contributed by atoms with Gasteiger partial charge in [0, 0.05) is 31.0 Å². The van der Waals surface area contributed by atoms with E-state index in [1.54, 1.807) is 24.3 Å². The molecule has 7 nitrogen and oxygen atoms in total. The first-order chi connectivity index (χ1) is 14.5. The van der Waals surface area contributed by atoms with Gasteiger partial charge < -0.3 is 19.9 Å². The monoisotopic (exact) mass is 414 g/mol. The molecule has 0 radical (unpaired) electrons. The van der Waals surface area contributed by atoms with Crippen LogP contribution < -0.4 is 14.8 Å². The topological polar surface area (TPSA) is 88.1 Å². The van der Waals surface area contributed by atoms with Crippen molar-refractivity contribution in [3.63, 3.8) is 0 Å². The van der Waals surface area contributed by atoms with Crippen LogP contribution >= 0.6 is 0 Å². The normalized spacial score (nSPS) is 15.8. The summed E-state index contributed by atoms with van der Waals surface area (Å²) in [7, 11) is 2.99. The molecule has 0 saturated heterocycles. The number of nitrogens with one attached hydrogen (secondary N) is 1. The Morgan fingerprint density at radius 2 is 1.87 bits per heavy atom. The van der Waals surface area contributed by atoms with E-state index in [1.807, 2.05) is 0 Å². The molecule has 1 atom stereocenters.